The quantitative estimate of drug-likeness (QED) is 0.796. The summed E-state index contributed by atoms with van der Waals surface area (Å²) in [5.41, 5.74) is 2.18. The van der Waals surface area contributed by atoms with E-state index >= 15 is 0 Å². The lowest BCUT2D eigenvalue weighted by molar-refractivity contribution is 0.112. The van der Waals surface area contributed by atoms with Gasteiger partial charge >= 0.3 is 0 Å². The molecule has 0 fully saturated rings. The zero-order chi connectivity index (χ0) is 14.7. The SMILES string of the molecule is COc1cc(C=O)ccc1OCc1c(C)nn(C)c1Cl. The van der Waals surface area contributed by atoms with Crippen LogP contribution in [0.25, 0.3) is 0 Å². The monoisotopic (exact) mass is 294 g/mol. The molecule has 1 aromatic carbocycles. The van der Waals surface area contributed by atoms with Crippen molar-refractivity contribution in [1.82, 2.24) is 9.78 Å². The van der Waals surface area contributed by atoms with Crippen LogP contribution in [0.4, 0.5) is 0 Å². The van der Waals surface area contributed by atoms with E-state index in [1.165, 1.54) is 7.11 Å². The van der Waals surface area contributed by atoms with Gasteiger partial charge in [0.2, 0.25) is 0 Å². The molecule has 0 saturated heterocycles. The summed E-state index contributed by atoms with van der Waals surface area (Å²) in [5.74, 6) is 1.06. The van der Waals surface area contributed by atoms with Crippen molar-refractivity contribution in [3.8, 4) is 11.5 Å². The van der Waals surface area contributed by atoms with Crippen LogP contribution in [0, 0.1) is 6.92 Å². The first kappa shape index (κ1) is 14.4. The number of rotatable bonds is 5. The van der Waals surface area contributed by atoms with Gasteiger partial charge in [0.05, 0.1) is 12.8 Å². The first-order valence-corrected chi connectivity index (χ1v) is 6.38. The van der Waals surface area contributed by atoms with Gasteiger partial charge in [0.1, 0.15) is 18.0 Å². The number of aryl methyl sites for hydroxylation is 2. The second-order valence-corrected chi connectivity index (χ2v) is 4.65. The molecule has 20 heavy (non-hydrogen) atoms. The Labute approximate surface area is 122 Å². The van der Waals surface area contributed by atoms with Gasteiger partial charge in [-0.15, -0.1) is 0 Å². The molecule has 0 saturated carbocycles. The molecular formula is C14H15ClN2O3. The van der Waals surface area contributed by atoms with Crippen LogP contribution >= 0.6 is 11.6 Å². The largest absolute Gasteiger partial charge is 0.493 e. The van der Waals surface area contributed by atoms with Crippen LogP contribution in [0.5, 0.6) is 11.5 Å². The average molecular weight is 295 g/mol. The average Bonchev–Trinajstić information content (AvgIpc) is 2.70. The van der Waals surface area contributed by atoms with E-state index in [-0.39, 0.29) is 6.61 Å². The molecule has 2 rings (SSSR count). The highest BCUT2D eigenvalue weighted by Gasteiger charge is 2.13. The predicted octanol–water partition coefficient (Wildman–Crippen LogP) is 2.78. The standard InChI is InChI=1S/C14H15ClN2O3/c1-9-11(14(15)17(2)16-9)8-20-12-5-4-10(7-18)6-13(12)19-3/h4-7H,8H2,1-3H3. The van der Waals surface area contributed by atoms with Crippen LogP contribution < -0.4 is 9.47 Å². The van der Waals surface area contributed by atoms with E-state index in [4.69, 9.17) is 21.1 Å². The van der Waals surface area contributed by atoms with Gasteiger partial charge in [-0.05, 0) is 25.1 Å². The summed E-state index contributed by atoms with van der Waals surface area (Å²) < 4.78 is 12.5. The molecule has 0 N–H and O–H groups in total. The molecule has 0 aliphatic rings. The van der Waals surface area contributed by atoms with Gasteiger partial charge in [-0.2, -0.15) is 5.10 Å². The normalized spacial score (nSPS) is 10.4. The predicted molar refractivity (Wildman–Crippen MR) is 75.7 cm³/mol. The molecule has 2 aromatic rings. The number of aromatic nitrogens is 2. The Morgan fingerprint density at radius 2 is 2.15 bits per heavy atom. The molecule has 5 nitrogen and oxygen atoms in total. The molecule has 0 unspecified atom stereocenters. The molecule has 0 radical (unpaired) electrons. The van der Waals surface area contributed by atoms with Crippen LogP contribution in [0.15, 0.2) is 18.2 Å². The summed E-state index contributed by atoms with van der Waals surface area (Å²) in [4.78, 5) is 10.7. The van der Waals surface area contributed by atoms with Gasteiger partial charge in [0, 0.05) is 18.2 Å². The van der Waals surface area contributed by atoms with Crippen molar-refractivity contribution in [2.45, 2.75) is 13.5 Å². The molecule has 6 heteroatoms. The molecule has 0 atom stereocenters. The number of hydrogen-bond acceptors (Lipinski definition) is 4. The van der Waals surface area contributed by atoms with Crippen LogP contribution in [0.1, 0.15) is 21.6 Å². The van der Waals surface area contributed by atoms with Crippen LogP contribution in [0.2, 0.25) is 5.15 Å². The number of ether oxygens (including phenoxy) is 2. The lowest BCUT2D eigenvalue weighted by atomic mass is 10.2. The summed E-state index contributed by atoms with van der Waals surface area (Å²) in [6.07, 6.45) is 0.758. The van der Waals surface area contributed by atoms with Crippen LogP contribution in [0.3, 0.4) is 0 Å². The Bertz CT molecular complexity index is 638. The number of methoxy groups -OCH3 is 1. The summed E-state index contributed by atoms with van der Waals surface area (Å²) in [5, 5.41) is 4.77. The third-order valence-corrected chi connectivity index (χ3v) is 3.44. The molecular weight excluding hydrogens is 280 g/mol. The zero-order valence-corrected chi connectivity index (χ0v) is 12.3. The van der Waals surface area contributed by atoms with Gasteiger partial charge in [0.15, 0.2) is 11.5 Å². The first-order valence-electron chi connectivity index (χ1n) is 6.00. The number of benzene rings is 1. The van der Waals surface area contributed by atoms with Gasteiger partial charge in [0.25, 0.3) is 0 Å². The number of carbonyl (C=O) groups excluding carboxylic acids is 1. The van der Waals surface area contributed by atoms with E-state index in [1.54, 1.807) is 29.9 Å². The Hall–Kier alpha value is -2.01. The molecule has 0 spiro atoms. The van der Waals surface area contributed by atoms with Crippen LogP contribution in [-0.2, 0) is 13.7 Å². The fourth-order valence-electron chi connectivity index (χ4n) is 1.86. The fourth-order valence-corrected chi connectivity index (χ4v) is 2.09. The highest BCUT2D eigenvalue weighted by atomic mass is 35.5. The van der Waals surface area contributed by atoms with Crippen molar-refractivity contribution in [3.63, 3.8) is 0 Å². The maximum Gasteiger partial charge on any atom is 0.161 e. The summed E-state index contributed by atoms with van der Waals surface area (Å²) in [6.45, 7) is 2.16. The summed E-state index contributed by atoms with van der Waals surface area (Å²) in [7, 11) is 3.30. The number of hydrogen-bond donors (Lipinski definition) is 0. The van der Waals surface area contributed by atoms with Crippen LogP contribution in [-0.4, -0.2) is 23.2 Å². The van der Waals surface area contributed by atoms with Crippen molar-refractivity contribution in [2.24, 2.45) is 7.05 Å². The Balaban J connectivity index is 2.20. The van der Waals surface area contributed by atoms with Gasteiger partial charge in [-0.1, -0.05) is 11.6 Å². The number of halogens is 1. The van der Waals surface area contributed by atoms with Crippen molar-refractivity contribution in [1.29, 1.82) is 0 Å². The molecule has 1 heterocycles. The van der Waals surface area contributed by atoms with E-state index in [0.717, 1.165) is 17.5 Å². The molecule has 0 aliphatic carbocycles. The minimum Gasteiger partial charge on any atom is -0.493 e. The third kappa shape index (κ3) is 2.77. The Kier molecular flexibility index (Phi) is 4.29. The van der Waals surface area contributed by atoms with Gasteiger partial charge in [-0.25, -0.2) is 0 Å². The lowest BCUT2D eigenvalue weighted by Crippen LogP contribution is -1.99. The van der Waals surface area contributed by atoms with Crippen molar-refractivity contribution >= 4 is 17.9 Å². The highest BCUT2D eigenvalue weighted by Crippen LogP contribution is 2.29. The fraction of sp³-hybridized carbons (Fsp3) is 0.286. The summed E-state index contributed by atoms with van der Waals surface area (Å²) >= 11 is 6.14. The van der Waals surface area contributed by atoms with Gasteiger partial charge < -0.3 is 9.47 Å². The van der Waals surface area contributed by atoms with E-state index in [9.17, 15) is 4.79 Å². The lowest BCUT2D eigenvalue weighted by Gasteiger charge is -2.11. The molecule has 0 bridgehead atoms. The Morgan fingerprint density at radius 3 is 2.70 bits per heavy atom. The Morgan fingerprint density at radius 1 is 1.40 bits per heavy atom. The van der Waals surface area contributed by atoms with E-state index in [1.807, 2.05) is 6.92 Å². The van der Waals surface area contributed by atoms with Crippen molar-refractivity contribution in [2.75, 3.05) is 7.11 Å². The molecule has 0 aliphatic heterocycles. The third-order valence-electron chi connectivity index (χ3n) is 2.97. The van der Waals surface area contributed by atoms with Crippen molar-refractivity contribution < 1.29 is 14.3 Å². The second-order valence-electron chi connectivity index (χ2n) is 4.30. The zero-order valence-electron chi connectivity index (χ0n) is 11.5. The highest BCUT2D eigenvalue weighted by molar-refractivity contribution is 6.30. The molecule has 0 amide bonds. The molecule has 106 valence electrons. The number of carbonyl (C=O) groups is 1. The number of nitrogens with zero attached hydrogens (tertiary/aromatic N) is 2. The minimum atomic E-state index is 0.287. The topological polar surface area (TPSA) is 53.4 Å². The maximum absolute atomic E-state index is 10.7. The van der Waals surface area contributed by atoms with E-state index in [2.05, 4.69) is 5.10 Å². The maximum atomic E-state index is 10.7. The van der Waals surface area contributed by atoms with Gasteiger partial charge in [-0.3, -0.25) is 9.48 Å². The van der Waals surface area contributed by atoms with Crippen molar-refractivity contribution in [3.05, 3.63) is 40.2 Å². The first-order chi connectivity index (χ1) is 9.56. The minimum absolute atomic E-state index is 0.287. The second kappa shape index (κ2) is 5.96. The number of aldehydes is 1. The summed E-state index contributed by atoms with van der Waals surface area (Å²) in [6, 6.07) is 4.99. The molecule has 1 aromatic heterocycles. The van der Waals surface area contributed by atoms with E-state index in [0.29, 0.717) is 22.2 Å². The van der Waals surface area contributed by atoms with E-state index < -0.39 is 0 Å². The smallest absolute Gasteiger partial charge is 0.161 e.